The van der Waals surface area contributed by atoms with Gasteiger partial charge in [-0.3, -0.25) is 0 Å². The number of rotatable bonds is 2. The molecule has 0 spiro atoms. The highest BCUT2D eigenvalue weighted by Gasteiger charge is 1.95. The Morgan fingerprint density at radius 2 is 1.54 bits per heavy atom. The van der Waals surface area contributed by atoms with Gasteiger partial charge < -0.3 is 4.74 Å². The zero-order valence-corrected chi connectivity index (χ0v) is 8.51. The normalized spacial score (nSPS) is 6.00. The summed E-state index contributed by atoms with van der Waals surface area (Å²) in [6, 6.07) is 0. The van der Waals surface area contributed by atoms with Crippen molar-refractivity contribution in [3.63, 3.8) is 0 Å². The van der Waals surface area contributed by atoms with Crippen molar-refractivity contribution in [2.24, 2.45) is 0 Å². The Hall–Kier alpha value is -1.57. The predicted molar refractivity (Wildman–Crippen MR) is 58.5 cm³/mol. The lowest BCUT2D eigenvalue weighted by molar-refractivity contribution is -0.136. The van der Waals surface area contributed by atoms with Crippen molar-refractivity contribution in [1.29, 1.82) is 0 Å². The van der Waals surface area contributed by atoms with Crippen LogP contribution < -0.4 is 0 Å². The van der Waals surface area contributed by atoms with E-state index in [0.717, 1.165) is 0 Å². The minimum Gasteiger partial charge on any atom is -0.466 e. The van der Waals surface area contributed by atoms with Crippen LogP contribution in [-0.2, 0) is 9.53 Å². The van der Waals surface area contributed by atoms with Gasteiger partial charge in [0.05, 0.1) is 7.11 Å². The van der Waals surface area contributed by atoms with Gasteiger partial charge in [0.2, 0.25) is 0 Å². The molecule has 0 bridgehead atoms. The van der Waals surface area contributed by atoms with E-state index in [4.69, 9.17) is 0 Å². The molecule has 13 heavy (non-hydrogen) atoms. The molecular weight excluding hydrogens is 164 g/mol. The molecule has 0 aromatic heterocycles. The molecule has 0 radical (unpaired) electrons. The standard InChI is InChI=1S/C5H8O2.C4H6.C2H4/c1-4(2)5(6)7-3;1-3-4-2;1-2/h1H2,2-3H3;3-4H,1-2H2;1-2H2. The Balaban J connectivity index is -0.000000142. The van der Waals surface area contributed by atoms with Crippen molar-refractivity contribution >= 4 is 5.97 Å². The van der Waals surface area contributed by atoms with E-state index in [1.165, 1.54) is 7.11 Å². The first-order chi connectivity index (χ1) is 6.09. The molecule has 0 fully saturated rings. The van der Waals surface area contributed by atoms with E-state index in [0.29, 0.717) is 5.57 Å². The maximum Gasteiger partial charge on any atom is 0.332 e. The summed E-state index contributed by atoms with van der Waals surface area (Å²) in [4.78, 5) is 10.2. The first-order valence-corrected chi connectivity index (χ1v) is 3.57. The van der Waals surface area contributed by atoms with Gasteiger partial charge in [-0.05, 0) is 6.92 Å². The van der Waals surface area contributed by atoms with E-state index in [1.54, 1.807) is 19.1 Å². The van der Waals surface area contributed by atoms with E-state index in [9.17, 15) is 4.79 Å². The van der Waals surface area contributed by atoms with Gasteiger partial charge >= 0.3 is 5.97 Å². The molecule has 0 amide bonds. The second-order valence-corrected chi connectivity index (χ2v) is 1.74. The average Bonchev–Trinajstić information content (AvgIpc) is 2.19. The fourth-order valence-electron chi connectivity index (χ4n) is 0.174. The van der Waals surface area contributed by atoms with Gasteiger partial charge in [-0.2, -0.15) is 0 Å². The van der Waals surface area contributed by atoms with Crippen molar-refractivity contribution in [2.75, 3.05) is 7.11 Å². The molecule has 0 aromatic rings. The highest BCUT2D eigenvalue weighted by atomic mass is 16.5. The number of methoxy groups -OCH3 is 1. The molecule has 0 heterocycles. The van der Waals surface area contributed by atoms with Crippen LogP contribution in [0.25, 0.3) is 0 Å². The van der Waals surface area contributed by atoms with Crippen LogP contribution in [0, 0.1) is 0 Å². The van der Waals surface area contributed by atoms with E-state index in [-0.39, 0.29) is 5.97 Å². The molecule has 0 saturated heterocycles. The van der Waals surface area contributed by atoms with Crippen molar-refractivity contribution in [3.8, 4) is 0 Å². The Kier molecular flexibility index (Phi) is 22.6. The Morgan fingerprint density at radius 1 is 1.23 bits per heavy atom. The SMILES string of the molecule is C=C.C=C(C)C(=O)OC.C=CC=C. The van der Waals surface area contributed by atoms with Crippen LogP contribution in [0.2, 0.25) is 0 Å². The van der Waals surface area contributed by atoms with Crippen LogP contribution in [0.15, 0.2) is 50.6 Å². The highest BCUT2D eigenvalue weighted by molar-refractivity contribution is 5.86. The minimum atomic E-state index is -0.347. The quantitative estimate of drug-likeness (QED) is 0.284. The second kappa shape index (κ2) is 16.8. The lowest BCUT2D eigenvalue weighted by Crippen LogP contribution is -1.98. The largest absolute Gasteiger partial charge is 0.466 e. The molecule has 0 aliphatic carbocycles. The van der Waals surface area contributed by atoms with Crippen LogP contribution >= 0.6 is 0 Å². The predicted octanol–water partition coefficient (Wildman–Crippen LogP) is 2.90. The van der Waals surface area contributed by atoms with Crippen molar-refractivity contribution in [2.45, 2.75) is 6.92 Å². The Bertz CT molecular complexity index is 163. The van der Waals surface area contributed by atoms with Crippen LogP contribution in [-0.4, -0.2) is 13.1 Å². The average molecular weight is 182 g/mol. The van der Waals surface area contributed by atoms with Crippen molar-refractivity contribution in [3.05, 3.63) is 50.6 Å². The highest BCUT2D eigenvalue weighted by Crippen LogP contribution is 1.87. The van der Waals surface area contributed by atoms with E-state index >= 15 is 0 Å². The van der Waals surface area contributed by atoms with Gasteiger partial charge in [0, 0.05) is 5.57 Å². The summed E-state index contributed by atoms with van der Waals surface area (Å²) in [5, 5.41) is 0. The van der Waals surface area contributed by atoms with Crippen molar-refractivity contribution < 1.29 is 9.53 Å². The summed E-state index contributed by atoms with van der Waals surface area (Å²) in [6.07, 6.45) is 3.28. The number of allylic oxidation sites excluding steroid dienone is 2. The number of carbonyl (C=O) groups excluding carboxylic acids is 1. The van der Waals surface area contributed by atoms with E-state index < -0.39 is 0 Å². The molecule has 0 N–H and O–H groups in total. The molecule has 0 aliphatic rings. The van der Waals surface area contributed by atoms with Crippen LogP contribution in [0.5, 0.6) is 0 Å². The molecule has 2 heteroatoms. The van der Waals surface area contributed by atoms with Crippen LogP contribution in [0.3, 0.4) is 0 Å². The number of ether oxygens (including phenoxy) is 1. The molecule has 0 saturated carbocycles. The summed E-state index contributed by atoms with van der Waals surface area (Å²) < 4.78 is 4.27. The van der Waals surface area contributed by atoms with Gasteiger partial charge in [0.15, 0.2) is 0 Å². The van der Waals surface area contributed by atoms with Gasteiger partial charge in [-0.25, -0.2) is 4.79 Å². The first kappa shape index (κ1) is 17.5. The molecule has 0 unspecified atom stereocenters. The smallest absolute Gasteiger partial charge is 0.332 e. The first-order valence-electron chi connectivity index (χ1n) is 3.57. The summed E-state index contributed by atoms with van der Waals surface area (Å²) in [5.74, 6) is -0.347. The number of carbonyl (C=O) groups is 1. The third kappa shape index (κ3) is 25.1. The van der Waals surface area contributed by atoms with Crippen LogP contribution in [0.1, 0.15) is 6.92 Å². The molecule has 0 aliphatic heterocycles. The van der Waals surface area contributed by atoms with E-state index in [2.05, 4.69) is 37.6 Å². The second-order valence-electron chi connectivity index (χ2n) is 1.74. The Morgan fingerprint density at radius 3 is 1.54 bits per heavy atom. The fourth-order valence-corrected chi connectivity index (χ4v) is 0.174. The minimum absolute atomic E-state index is 0.347. The third-order valence-electron chi connectivity index (χ3n) is 0.701. The van der Waals surface area contributed by atoms with Gasteiger partial charge in [0.1, 0.15) is 0 Å². The van der Waals surface area contributed by atoms with Gasteiger partial charge in [0.25, 0.3) is 0 Å². The summed E-state index contributed by atoms with van der Waals surface area (Å²) in [7, 11) is 1.33. The van der Waals surface area contributed by atoms with E-state index in [1.807, 2.05) is 0 Å². The van der Waals surface area contributed by atoms with Gasteiger partial charge in [-0.1, -0.05) is 31.9 Å². The molecule has 2 nitrogen and oxygen atoms in total. The maximum atomic E-state index is 10.2. The molecule has 0 atom stereocenters. The Labute approximate surface area is 80.9 Å². The topological polar surface area (TPSA) is 26.3 Å². The molecule has 74 valence electrons. The number of hydrogen-bond acceptors (Lipinski definition) is 2. The zero-order valence-electron chi connectivity index (χ0n) is 8.51. The lowest BCUT2D eigenvalue weighted by Gasteiger charge is -1.91. The summed E-state index contributed by atoms with van der Waals surface area (Å²) in [5.41, 5.74) is 0.433. The fraction of sp³-hybridized carbons (Fsp3) is 0.182. The third-order valence-corrected chi connectivity index (χ3v) is 0.701. The summed E-state index contributed by atoms with van der Waals surface area (Å²) in [6.45, 7) is 17.7. The number of hydrogen-bond donors (Lipinski definition) is 0. The molecular formula is C11H18O2. The zero-order chi connectivity index (χ0) is 11.3. The van der Waals surface area contributed by atoms with Crippen LogP contribution in [0.4, 0.5) is 0 Å². The van der Waals surface area contributed by atoms with Crippen molar-refractivity contribution in [1.82, 2.24) is 0 Å². The molecule has 0 aromatic carbocycles. The van der Waals surface area contributed by atoms with Gasteiger partial charge in [-0.15, -0.1) is 13.2 Å². The lowest BCUT2D eigenvalue weighted by atomic mass is 10.4. The maximum absolute atomic E-state index is 10.2. The monoisotopic (exact) mass is 182 g/mol. The number of esters is 1. The molecule has 0 rings (SSSR count). The summed E-state index contributed by atoms with van der Waals surface area (Å²) >= 11 is 0.